The summed E-state index contributed by atoms with van der Waals surface area (Å²) in [5.74, 6) is -4.25. The molecule has 0 bridgehead atoms. The second-order valence-corrected chi connectivity index (χ2v) is 8.14. The summed E-state index contributed by atoms with van der Waals surface area (Å²) in [5, 5.41) is 36.9. The summed E-state index contributed by atoms with van der Waals surface area (Å²) < 4.78 is 13.5. The van der Waals surface area contributed by atoms with Crippen molar-refractivity contribution < 1.29 is 29.6 Å². The standard InChI is InChI=1S/C22H37FO5/c1-3-4-9-17(16(2)23)11-7-12-19-14-8-13-18(19)10-5-6-15-20(24)22(27,28)21(25)26/h7,12,17-20,24,27-28H,2-6,8-11,13-15H2,1H3,(H,25,26)/t17-,18+,19+,20?/m1/s1. The highest BCUT2D eigenvalue weighted by Gasteiger charge is 2.41. The van der Waals surface area contributed by atoms with E-state index in [1.54, 1.807) is 0 Å². The summed E-state index contributed by atoms with van der Waals surface area (Å²) in [6.45, 7) is 5.57. The highest BCUT2D eigenvalue weighted by molar-refractivity contribution is 5.75. The topological polar surface area (TPSA) is 98.0 Å². The van der Waals surface area contributed by atoms with Crippen molar-refractivity contribution in [1.29, 1.82) is 0 Å². The molecule has 1 aliphatic rings. The maximum absolute atomic E-state index is 13.5. The van der Waals surface area contributed by atoms with Crippen LogP contribution >= 0.6 is 0 Å². The zero-order valence-electron chi connectivity index (χ0n) is 17.0. The molecule has 4 N–H and O–H groups in total. The number of halogens is 1. The molecule has 1 aliphatic carbocycles. The van der Waals surface area contributed by atoms with Crippen LogP contribution in [-0.2, 0) is 4.79 Å². The van der Waals surface area contributed by atoms with Crippen molar-refractivity contribution in [2.75, 3.05) is 0 Å². The van der Waals surface area contributed by atoms with E-state index in [-0.39, 0.29) is 18.2 Å². The molecule has 0 aromatic carbocycles. The molecule has 0 aromatic rings. The highest BCUT2D eigenvalue weighted by Crippen LogP contribution is 2.37. The lowest BCUT2D eigenvalue weighted by atomic mass is 9.89. The number of carboxylic acids is 1. The van der Waals surface area contributed by atoms with Gasteiger partial charge >= 0.3 is 5.97 Å². The Morgan fingerprint density at radius 1 is 1.25 bits per heavy atom. The fourth-order valence-corrected chi connectivity index (χ4v) is 4.04. The van der Waals surface area contributed by atoms with Crippen molar-refractivity contribution in [2.24, 2.45) is 17.8 Å². The number of allylic oxidation sites excluding steroid dienone is 3. The second kappa shape index (κ2) is 12.3. The van der Waals surface area contributed by atoms with Gasteiger partial charge in [0.05, 0.1) is 5.83 Å². The van der Waals surface area contributed by atoms with E-state index in [9.17, 15) is 24.5 Å². The molecule has 0 saturated heterocycles. The quantitative estimate of drug-likeness (QED) is 0.198. The predicted octanol–water partition coefficient (Wildman–Crippen LogP) is 4.33. The van der Waals surface area contributed by atoms with Gasteiger partial charge in [-0.05, 0) is 50.4 Å². The number of carboxylic acid groups (broad SMARTS) is 1. The third kappa shape index (κ3) is 8.02. The van der Waals surface area contributed by atoms with Gasteiger partial charge in [0, 0.05) is 5.92 Å². The lowest BCUT2D eigenvalue weighted by Crippen LogP contribution is -2.49. The van der Waals surface area contributed by atoms with E-state index in [1.165, 1.54) is 0 Å². The first-order chi connectivity index (χ1) is 13.2. The maximum atomic E-state index is 13.5. The van der Waals surface area contributed by atoms with Gasteiger partial charge in [-0.2, -0.15) is 0 Å². The normalized spacial score (nSPS) is 22.5. The fraction of sp³-hybridized carbons (Fsp3) is 0.773. The van der Waals surface area contributed by atoms with Gasteiger partial charge in [-0.3, -0.25) is 0 Å². The minimum Gasteiger partial charge on any atom is -0.477 e. The van der Waals surface area contributed by atoms with Crippen molar-refractivity contribution >= 4 is 5.97 Å². The van der Waals surface area contributed by atoms with Gasteiger partial charge in [-0.15, -0.1) is 0 Å². The molecule has 5 nitrogen and oxygen atoms in total. The van der Waals surface area contributed by atoms with Gasteiger partial charge in [0.15, 0.2) is 0 Å². The van der Waals surface area contributed by atoms with Crippen LogP contribution in [0.2, 0.25) is 0 Å². The Bertz CT molecular complexity index is 517. The average molecular weight is 401 g/mol. The Labute approximate surface area is 168 Å². The Morgan fingerprint density at radius 2 is 1.96 bits per heavy atom. The zero-order chi connectivity index (χ0) is 21.2. The molecule has 0 heterocycles. The second-order valence-electron chi connectivity index (χ2n) is 8.14. The van der Waals surface area contributed by atoms with Crippen LogP contribution in [0.25, 0.3) is 0 Å². The van der Waals surface area contributed by atoms with E-state index in [2.05, 4.69) is 25.7 Å². The van der Waals surface area contributed by atoms with Gasteiger partial charge in [0.2, 0.25) is 0 Å². The van der Waals surface area contributed by atoms with Crippen LogP contribution in [0.4, 0.5) is 4.39 Å². The third-order valence-electron chi connectivity index (χ3n) is 5.95. The van der Waals surface area contributed by atoms with E-state index in [4.69, 9.17) is 5.11 Å². The molecule has 1 unspecified atom stereocenters. The Balaban J connectivity index is 2.38. The number of aliphatic hydroxyl groups is 3. The lowest BCUT2D eigenvalue weighted by molar-refractivity contribution is -0.237. The van der Waals surface area contributed by atoms with E-state index in [0.29, 0.717) is 24.7 Å². The number of aliphatic hydroxyl groups excluding tert-OH is 1. The van der Waals surface area contributed by atoms with E-state index in [1.807, 2.05) is 0 Å². The average Bonchev–Trinajstić information content (AvgIpc) is 3.08. The molecule has 1 fully saturated rings. The molecule has 1 saturated carbocycles. The van der Waals surface area contributed by atoms with Gasteiger partial charge < -0.3 is 20.4 Å². The van der Waals surface area contributed by atoms with Crippen molar-refractivity contribution in [3.05, 3.63) is 24.6 Å². The van der Waals surface area contributed by atoms with Gasteiger partial charge in [0.1, 0.15) is 6.10 Å². The van der Waals surface area contributed by atoms with Crippen molar-refractivity contribution in [1.82, 2.24) is 0 Å². The molecule has 162 valence electrons. The SMILES string of the molecule is C=C(F)[C@@H](CC=C[C@H]1CCC[C@@H]1CCCCC(O)C(O)(O)C(=O)O)CCCC. The molecule has 0 radical (unpaired) electrons. The van der Waals surface area contributed by atoms with Crippen molar-refractivity contribution in [3.63, 3.8) is 0 Å². The van der Waals surface area contributed by atoms with Crippen LogP contribution in [0, 0.1) is 17.8 Å². The number of unbranched alkanes of at least 4 members (excludes halogenated alkanes) is 2. The number of carbonyl (C=O) groups is 1. The number of rotatable bonds is 14. The Morgan fingerprint density at radius 3 is 2.57 bits per heavy atom. The molecular formula is C22H37FO5. The summed E-state index contributed by atoms with van der Waals surface area (Å²) in [4.78, 5) is 10.7. The van der Waals surface area contributed by atoms with Gasteiger partial charge in [-0.1, -0.05) is 57.8 Å². The smallest absolute Gasteiger partial charge is 0.366 e. The van der Waals surface area contributed by atoms with Crippen molar-refractivity contribution in [3.8, 4) is 0 Å². The monoisotopic (exact) mass is 400 g/mol. The largest absolute Gasteiger partial charge is 0.477 e. The van der Waals surface area contributed by atoms with Gasteiger partial charge in [0.25, 0.3) is 5.79 Å². The Kier molecular flexibility index (Phi) is 10.9. The molecule has 28 heavy (non-hydrogen) atoms. The number of hydrogen-bond donors (Lipinski definition) is 4. The molecule has 6 heteroatoms. The zero-order valence-corrected chi connectivity index (χ0v) is 17.0. The predicted molar refractivity (Wildman–Crippen MR) is 107 cm³/mol. The van der Waals surface area contributed by atoms with Crippen LogP contribution in [0.3, 0.4) is 0 Å². The highest BCUT2D eigenvalue weighted by atomic mass is 19.1. The Hall–Kier alpha value is -1.24. The van der Waals surface area contributed by atoms with E-state index >= 15 is 0 Å². The molecule has 4 atom stereocenters. The van der Waals surface area contributed by atoms with Crippen LogP contribution in [0.15, 0.2) is 24.6 Å². The first kappa shape index (κ1) is 24.8. The number of aliphatic carboxylic acids is 1. The van der Waals surface area contributed by atoms with Crippen molar-refractivity contribution in [2.45, 2.75) is 89.4 Å². The minimum absolute atomic E-state index is 0.0320. The maximum Gasteiger partial charge on any atom is 0.366 e. The summed E-state index contributed by atoms with van der Waals surface area (Å²) in [6.07, 6.45) is 11.9. The van der Waals surface area contributed by atoms with E-state index < -0.39 is 17.9 Å². The molecule has 0 spiro atoms. The molecule has 0 aromatic heterocycles. The summed E-state index contributed by atoms with van der Waals surface area (Å²) >= 11 is 0. The minimum atomic E-state index is -3.09. The van der Waals surface area contributed by atoms with Crippen LogP contribution in [0.1, 0.15) is 77.6 Å². The van der Waals surface area contributed by atoms with Crippen LogP contribution in [-0.4, -0.2) is 38.3 Å². The first-order valence-electron chi connectivity index (χ1n) is 10.6. The molecule has 1 rings (SSSR count). The van der Waals surface area contributed by atoms with Gasteiger partial charge in [-0.25, -0.2) is 9.18 Å². The third-order valence-corrected chi connectivity index (χ3v) is 5.95. The van der Waals surface area contributed by atoms with E-state index in [0.717, 1.165) is 51.4 Å². The number of hydrogen-bond acceptors (Lipinski definition) is 4. The summed E-state index contributed by atoms with van der Waals surface area (Å²) in [5.41, 5.74) is 0. The fourth-order valence-electron chi connectivity index (χ4n) is 4.04. The lowest BCUT2D eigenvalue weighted by Gasteiger charge is -2.23. The first-order valence-corrected chi connectivity index (χ1v) is 10.6. The molecule has 0 aliphatic heterocycles. The molecule has 0 amide bonds. The molecular weight excluding hydrogens is 363 g/mol. The summed E-state index contributed by atoms with van der Waals surface area (Å²) in [7, 11) is 0. The van der Waals surface area contributed by atoms with Crippen LogP contribution in [0.5, 0.6) is 0 Å². The van der Waals surface area contributed by atoms with Crippen LogP contribution < -0.4 is 0 Å². The summed E-state index contributed by atoms with van der Waals surface area (Å²) in [6, 6.07) is 0.